The smallest absolute Gasteiger partial charge is 0.227 e. The fourth-order valence-corrected chi connectivity index (χ4v) is 3.83. The number of thiazole rings is 1. The summed E-state index contributed by atoms with van der Waals surface area (Å²) in [6, 6.07) is 5.82. The van der Waals surface area contributed by atoms with Crippen molar-refractivity contribution in [2.24, 2.45) is 0 Å². The molecule has 1 aromatic heterocycles. The van der Waals surface area contributed by atoms with Gasteiger partial charge in [0.2, 0.25) is 11.8 Å². The summed E-state index contributed by atoms with van der Waals surface area (Å²) in [6.45, 7) is 3.18. The fraction of sp³-hybridized carbons (Fsp3) is 0.267. The molecular weight excluding hydrogens is 350 g/mol. The molecule has 0 saturated carbocycles. The summed E-state index contributed by atoms with van der Waals surface area (Å²) in [7, 11) is -3.58. The van der Waals surface area contributed by atoms with Crippen LogP contribution in [-0.4, -0.2) is 31.0 Å². The number of sulfone groups is 1. The minimum Gasteiger partial charge on any atom is -0.326 e. The predicted octanol–water partition coefficient (Wildman–Crippen LogP) is 2.21. The number of rotatable bonds is 6. The molecule has 0 aliphatic rings. The average Bonchev–Trinajstić information content (AvgIpc) is 2.90. The number of anilines is 2. The van der Waals surface area contributed by atoms with Gasteiger partial charge >= 0.3 is 0 Å². The van der Waals surface area contributed by atoms with E-state index >= 15 is 0 Å². The summed E-state index contributed by atoms with van der Waals surface area (Å²) >= 11 is 1.29. The van der Waals surface area contributed by atoms with Crippen LogP contribution in [0.2, 0.25) is 0 Å². The molecule has 0 unspecified atom stereocenters. The second-order valence-electron chi connectivity index (χ2n) is 5.12. The normalized spacial score (nSPS) is 11.1. The van der Waals surface area contributed by atoms with Gasteiger partial charge in [0, 0.05) is 24.4 Å². The zero-order chi connectivity index (χ0) is 17.7. The molecule has 0 saturated heterocycles. The Morgan fingerprint density at radius 2 is 1.83 bits per heavy atom. The third-order valence-electron chi connectivity index (χ3n) is 3.00. The van der Waals surface area contributed by atoms with Gasteiger partial charge < -0.3 is 10.6 Å². The summed E-state index contributed by atoms with van der Waals surface area (Å²) in [5, 5.41) is 7.38. The summed E-state index contributed by atoms with van der Waals surface area (Å²) in [6.07, 6.45) is -0.158. The number of carbonyl (C=O) groups excluding carboxylic acids is 2. The van der Waals surface area contributed by atoms with E-state index in [0.29, 0.717) is 10.8 Å². The maximum Gasteiger partial charge on any atom is 0.227 e. The Hall–Kier alpha value is -2.26. The van der Waals surface area contributed by atoms with Crippen LogP contribution < -0.4 is 10.6 Å². The van der Waals surface area contributed by atoms with Gasteiger partial charge in [-0.1, -0.05) is 0 Å². The van der Waals surface area contributed by atoms with Gasteiger partial charge in [0.25, 0.3) is 0 Å². The molecule has 2 amide bonds. The van der Waals surface area contributed by atoms with E-state index < -0.39 is 15.7 Å². The molecule has 2 N–H and O–H groups in total. The molecule has 2 aromatic rings. The molecule has 24 heavy (non-hydrogen) atoms. The van der Waals surface area contributed by atoms with Crippen LogP contribution in [0.4, 0.5) is 10.8 Å². The van der Waals surface area contributed by atoms with Crippen LogP contribution in [-0.2, 0) is 19.4 Å². The van der Waals surface area contributed by atoms with Crippen molar-refractivity contribution >= 4 is 43.8 Å². The lowest BCUT2D eigenvalue weighted by Crippen LogP contribution is -2.17. The predicted molar refractivity (Wildman–Crippen MR) is 92.9 cm³/mol. The maximum absolute atomic E-state index is 12.2. The quantitative estimate of drug-likeness (QED) is 0.814. The third kappa shape index (κ3) is 5.14. The van der Waals surface area contributed by atoms with Crippen molar-refractivity contribution in [2.75, 3.05) is 16.4 Å². The molecule has 0 spiro atoms. The molecule has 1 heterocycles. The zero-order valence-corrected chi connectivity index (χ0v) is 14.8. The van der Waals surface area contributed by atoms with Crippen molar-refractivity contribution in [3.8, 4) is 0 Å². The van der Waals surface area contributed by atoms with E-state index in [0.717, 1.165) is 5.69 Å². The number of nitrogens with one attached hydrogen (secondary N) is 2. The van der Waals surface area contributed by atoms with Gasteiger partial charge in [0.1, 0.15) is 0 Å². The van der Waals surface area contributed by atoms with E-state index in [1.54, 1.807) is 12.3 Å². The fourth-order valence-electron chi connectivity index (χ4n) is 1.89. The van der Waals surface area contributed by atoms with E-state index in [1.165, 1.54) is 42.5 Å². The molecule has 0 fully saturated rings. The Kier molecular flexibility index (Phi) is 5.68. The number of aromatic nitrogens is 1. The van der Waals surface area contributed by atoms with E-state index in [9.17, 15) is 18.0 Å². The third-order valence-corrected chi connectivity index (χ3v) is 5.60. The van der Waals surface area contributed by atoms with E-state index in [2.05, 4.69) is 15.6 Å². The molecule has 128 valence electrons. The number of nitrogens with zero attached hydrogens (tertiary/aromatic N) is 1. The lowest BCUT2D eigenvalue weighted by atomic mass is 10.3. The largest absolute Gasteiger partial charge is 0.326 e. The van der Waals surface area contributed by atoms with Crippen LogP contribution in [0.1, 0.15) is 19.0 Å². The Morgan fingerprint density at radius 1 is 1.17 bits per heavy atom. The summed E-state index contributed by atoms with van der Waals surface area (Å²) < 4.78 is 24.5. The van der Waals surface area contributed by atoms with Crippen LogP contribution in [0.3, 0.4) is 0 Å². The van der Waals surface area contributed by atoms with Crippen molar-refractivity contribution in [3.05, 3.63) is 35.3 Å². The second-order valence-corrected chi connectivity index (χ2v) is 8.08. The number of carbonyl (C=O) groups is 2. The minimum absolute atomic E-state index is 0.106. The number of aryl methyl sites for hydroxylation is 1. The molecule has 0 bridgehead atoms. The molecule has 9 heteroatoms. The molecule has 1 aromatic carbocycles. The average molecular weight is 367 g/mol. The van der Waals surface area contributed by atoms with E-state index in [-0.39, 0.29) is 23.0 Å². The van der Waals surface area contributed by atoms with Crippen molar-refractivity contribution in [3.63, 3.8) is 0 Å². The maximum atomic E-state index is 12.2. The van der Waals surface area contributed by atoms with Crippen molar-refractivity contribution in [1.82, 2.24) is 4.98 Å². The first-order valence-electron chi connectivity index (χ1n) is 7.09. The second kappa shape index (κ2) is 7.54. The van der Waals surface area contributed by atoms with Gasteiger partial charge in [0.15, 0.2) is 15.0 Å². The molecule has 0 aliphatic heterocycles. The topological polar surface area (TPSA) is 105 Å². The highest BCUT2D eigenvalue weighted by Crippen LogP contribution is 2.17. The van der Waals surface area contributed by atoms with Crippen LogP contribution in [0.25, 0.3) is 0 Å². The Morgan fingerprint density at radius 3 is 2.38 bits per heavy atom. The van der Waals surface area contributed by atoms with Gasteiger partial charge in [-0.05, 0) is 31.2 Å². The van der Waals surface area contributed by atoms with Crippen LogP contribution >= 0.6 is 11.3 Å². The molecule has 0 aliphatic carbocycles. The SMILES string of the molecule is CC(=O)Nc1ccc(S(=O)(=O)CCC(=O)Nc2nc(C)cs2)cc1. The number of benzene rings is 1. The summed E-state index contributed by atoms with van der Waals surface area (Å²) in [5.41, 5.74) is 1.31. The molecule has 2 rings (SSSR count). The summed E-state index contributed by atoms with van der Waals surface area (Å²) in [5.74, 6) is -0.939. The Balaban J connectivity index is 1.95. The first-order chi connectivity index (χ1) is 11.3. The van der Waals surface area contributed by atoms with Gasteiger partial charge in [-0.2, -0.15) is 0 Å². The molecular formula is C15H17N3O4S2. The van der Waals surface area contributed by atoms with Crippen LogP contribution in [0.5, 0.6) is 0 Å². The lowest BCUT2D eigenvalue weighted by Gasteiger charge is -2.06. The number of hydrogen-bond donors (Lipinski definition) is 2. The first kappa shape index (κ1) is 18.1. The molecule has 7 nitrogen and oxygen atoms in total. The van der Waals surface area contributed by atoms with Crippen molar-refractivity contribution in [1.29, 1.82) is 0 Å². The van der Waals surface area contributed by atoms with Crippen LogP contribution in [0, 0.1) is 6.92 Å². The zero-order valence-electron chi connectivity index (χ0n) is 13.2. The minimum atomic E-state index is -3.58. The number of hydrogen-bond acceptors (Lipinski definition) is 6. The van der Waals surface area contributed by atoms with Crippen molar-refractivity contribution < 1.29 is 18.0 Å². The summed E-state index contributed by atoms with van der Waals surface area (Å²) in [4.78, 5) is 27.0. The van der Waals surface area contributed by atoms with E-state index in [1.807, 2.05) is 0 Å². The highest BCUT2D eigenvalue weighted by molar-refractivity contribution is 7.91. The lowest BCUT2D eigenvalue weighted by molar-refractivity contribution is -0.116. The van der Waals surface area contributed by atoms with Gasteiger partial charge in [-0.15, -0.1) is 11.3 Å². The Labute approximate surface area is 144 Å². The first-order valence-corrected chi connectivity index (χ1v) is 9.62. The Bertz CT molecular complexity index is 842. The molecule has 0 radical (unpaired) electrons. The highest BCUT2D eigenvalue weighted by Gasteiger charge is 2.17. The van der Waals surface area contributed by atoms with Gasteiger partial charge in [0.05, 0.1) is 16.3 Å². The monoisotopic (exact) mass is 367 g/mol. The van der Waals surface area contributed by atoms with Gasteiger partial charge in [-0.3, -0.25) is 9.59 Å². The van der Waals surface area contributed by atoms with E-state index in [4.69, 9.17) is 0 Å². The molecule has 0 atom stereocenters. The standard InChI is InChI=1S/C15H17N3O4S2/c1-10-9-23-15(16-10)18-14(20)7-8-24(21,22)13-5-3-12(4-6-13)17-11(2)19/h3-6,9H,7-8H2,1-2H3,(H,17,19)(H,16,18,20). The number of amides is 2. The van der Waals surface area contributed by atoms with Crippen molar-refractivity contribution in [2.45, 2.75) is 25.2 Å². The van der Waals surface area contributed by atoms with Crippen LogP contribution in [0.15, 0.2) is 34.5 Å². The highest BCUT2D eigenvalue weighted by atomic mass is 32.2. The van der Waals surface area contributed by atoms with Gasteiger partial charge in [-0.25, -0.2) is 13.4 Å².